The van der Waals surface area contributed by atoms with Crippen molar-refractivity contribution >= 4 is 16.9 Å². The van der Waals surface area contributed by atoms with Crippen molar-refractivity contribution < 1.29 is 4.79 Å². The number of aryl methyl sites for hydroxylation is 5. The van der Waals surface area contributed by atoms with Gasteiger partial charge in [-0.3, -0.25) is 4.79 Å². The average molecular weight is 402 g/mol. The Hall–Kier alpha value is -3.41. The smallest absolute Gasteiger partial charge is 0.242 e. The Labute approximate surface area is 176 Å². The molecule has 0 fully saturated rings. The zero-order valence-electron chi connectivity index (χ0n) is 18.2. The second kappa shape index (κ2) is 7.78. The van der Waals surface area contributed by atoms with Crippen LogP contribution >= 0.6 is 0 Å². The molecule has 6 heteroatoms. The molecule has 1 amide bonds. The molecule has 0 aliphatic heterocycles. The monoisotopic (exact) mass is 401 g/mol. The van der Waals surface area contributed by atoms with Crippen LogP contribution < -0.4 is 5.32 Å². The van der Waals surface area contributed by atoms with Crippen molar-refractivity contribution in [3.63, 3.8) is 0 Å². The molecule has 0 saturated carbocycles. The SMILES string of the molecule is Cc1ccc(CNC(=O)Cn2nc(-n3c(C)ccc3C)c3c(C)cc(C)nc32)cc1. The van der Waals surface area contributed by atoms with Crippen LogP contribution in [0.15, 0.2) is 42.5 Å². The molecule has 0 aliphatic rings. The summed E-state index contributed by atoms with van der Waals surface area (Å²) in [7, 11) is 0. The van der Waals surface area contributed by atoms with Gasteiger partial charge in [-0.2, -0.15) is 5.10 Å². The fraction of sp³-hybridized carbons (Fsp3) is 0.292. The van der Waals surface area contributed by atoms with E-state index in [4.69, 9.17) is 10.1 Å². The van der Waals surface area contributed by atoms with Crippen molar-refractivity contribution in [3.8, 4) is 5.82 Å². The van der Waals surface area contributed by atoms with Crippen LogP contribution in [-0.4, -0.2) is 25.2 Å². The number of hydrogen-bond acceptors (Lipinski definition) is 3. The molecule has 30 heavy (non-hydrogen) atoms. The van der Waals surface area contributed by atoms with E-state index in [9.17, 15) is 4.79 Å². The van der Waals surface area contributed by atoms with Crippen molar-refractivity contribution in [2.24, 2.45) is 0 Å². The third kappa shape index (κ3) is 3.73. The second-order valence-corrected chi connectivity index (χ2v) is 7.97. The van der Waals surface area contributed by atoms with E-state index in [-0.39, 0.29) is 12.5 Å². The molecule has 0 saturated heterocycles. The third-order valence-electron chi connectivity index (χ3n) is 5.40. The first-order valence-corrected chi connectivity index (χ1v) is 10.2. The Balaban J connectivity index is 1.67. The largest absolute Gasteiger partial charge is 0.350 e. The van der Waals surface area contributed by atoms with Crippen molar-refractivity contribution in [3.05, 3.63) is 76.2 Å². The Morgan fingerprint density at radius 1 is 0.967 bits per heavy atom. The first-order chi connectivity index (χ1) is 14.3. The van der Waals surface area contributed by atoms with Crippen molar-refractivity contribution in [2.45, 2.75) is 47.7 Å². The summed E-state index contributed by atoms with van der Waals surface area (Å²) in [5, 5.41) is 8.79. The van der Waals surface area contributed by atoms with Crippen molar-refractivity contribution in [1.82, 2.24) is 24.6 Å². The van der Waals surface area contributed by atoms with Crippen LogP contribution in [0.4, 0.5) is 0 Å². The second-order valence-electron chi connectivity index (χ2n) is 7.97. The van der Waals surface area contributed by atoms with Crippen LogP contribution in [0.1, 0.15) is 33.8 Å². The predicted octanol–water partition coefficient (Wildman–Crippen LogP) is 4.08. The van der Waals surface area contributed by atoms with E-state index in [1.54, 1.807) is 4.68 Å². The number of benzene rings is 1. The molecular formula is C24H27N5O. The van der Waals surface area contributed by atoms with Gasteiger partial charge < -0.3 is 9.88 Å². The van der Waals surface area contributed by atoms with E-state index >= 15 is 0 Å². The summed E-state index contributed by atoms with van der Waals surface area (Å²) in [5.41, 5.74) is 7.22. The normalized spacial score (nSPS) is 11.2. The van der Waals surface area contributed by atoms with Gasteiger partial charge in [-0.05, 0) is 63.9 Å². The number of nitrogens with one attached hydrogen (secondary N) is 1. The van der Waals surface area contributed by atoms with Crippen LogP contribution in [0.5, 0.6) is 0 Å². The van der Waals surface area contributed by atoms with Crippen LogP contribution in [0.25, 0.3) is 16.9 Å². The number of carbonyl (C=O) groups excluding carboxylic acids is 1. The van der Waals surface area contributed by atoms with Crippen LogP contribution in [0.2, 0.25) is 0 Å². The molecule has 0 atom stereocenters. The van der Waals surface area contributed by atoms with Gasteiger partial charge in [-0.15, -0.1) is 0 Å². The number of fused-ring (bicyclic) bond motifs is 1. The Morgan fingerprint density at radius 2 is 1.63 bits per heavy atom. The third-order valence-corrected chi connectivity index (χ3v) is 5.40. The van der Waals surface area contributed by atoms with Gasteiger partial charge in [0.25, 0.3) is 0 Å². The lowest BCUT2D eigenvalue weighted by Crippen LogP contribution is -2.27. The van der Waals surface area contributed by atoms with E-state index in [1.165, 1.54) is 5.56 Å². The number of carbonyl (C=O) groups is 1. The zero-order chi connectivity index (χ0) is 21.4. The molecule has 1 aromatic carbocycles. The number of rotatable bonds is 5. The molecule has 3 aromatic heterocycles. The van der Waals surface area contributed by atoms with Crippen LogP contribution in [0.3, 0.4) is 0 Å². The summed E-state index contributed by atoms with van der Waals surface area (Å²) in [5.74, 6) is 0.731. The van der Waals surface area contributed by atoms with E-state index in [0.29, 0.717) is 6.54 Å². The van der Waals surface area contributed by atoms with Crippen molar-refractivity contribution in [1.29, 1.82) is 0 Å². The standard InChI is InChI=1S/C24H27N5O/c1-15-6-10-20(11-7-15)13-25-21(30)14-28-23-22(16(2)12-17(3)26-23)24(27-28)29-18(4)8-9-19(29)5/h6-12H,13-14H2,1-5H3,(H,25,30). The van der Waals surface area contributed by atoms with Gasteiger partial charge in [0.05, 0.1) is 5.39 Å². The first kappa shape index (κ1) is 19.9. The van der Waals surface area contributed by atoms with E-state index in [2.05, 4.69) is 48.9 Å². The summed E-state index contributed by atoms with van der Waals surface area (Å²) in [6.45, 7) is 10.8. The molecule has 4 rings (SSSR count). The molecule has 0 bridgehead atoms. The minimum Gasteiger partial charge on any atom is -0.350 e. The van der Waals surface area contributed by atoms with E-state index in [1.807, 2.05) is 38.1 Å². The lowest BCUT2D eigenvalue weighted by molar-refractivity contribution is -0.121. The van der Waals surface area contributed by atoms with Gasteiger partial charge in [0.2, 0.25) is 5.91 Å². The summed E-state index contributed by atoms with van der Waals surface area (Å²) in [6.07, 6.45) is 0. The highest BCUT2D eigenvalue weighted by molar-refractivity contribution is 5.88. The molecule has 0 radical (unpaired) electrons. The van der Waals surface area contributed by atoms with Crippen LogP contribution in [0, 0.1) is 34.6 Å². The number of amides is 1. The molecule has 6 nitrogen and oxygen atoms in total. The van der Waals surface area contributed by atoms with Crippen LogP contribution in [-0.2, 0) is 17.9 Å². The maximum absolute atomic E-state index is 12.7. The topological polar surface area (TPSA) is 64.7 Å². The lowest BCUT2D eigenvalue weighted by atomic mass is 10.1. The van der Waals surface area contributed by atoms with E-state index < -0.39 is 0 Å². The highest BCUT2D eigenvalue weighted by Gasteiger charge is 2.19. The zero-order valence-corrected chi connectivity index (χ0v) is 18.2. The highest BCUT2D eigenvalue weighted by atomic mass is 16.2. The molecular weight excluding hydrogens is 374 g/mol. The molecule has 154 valence electrons. The lowest BCUT2D eigenvalue weighted by Gasteiger charge is -2.07. The van der Waals surface area contributed by atoms with Gasteiger partial charge in [0.15, 0.2) is 11.5 Å². The van der Waals surface area contributed by atoms with Gasteiger partial charge in [-0.1, -0.05) is 29.8 Å². The quantitative estimate of drug-likeness (QED) is 0.548. The van der Waals surface area contributed by atoms with Gasteiger partial charge in [-0.25, -0.2) is 9.67 Å². The van der Waals surface area contributed by atoms with Gasteiger partial charge in [0.1, 0.15) is 6.54 Å². The Kier molecular flexibility index (Phi) is 5.16. The Bertz CT molecular complexity index is 1210. The molecule has 4 aromatic rings. The fourth-order valence-corrected chi connectivity index (χ4v) is 3.86. The maximum Gasteiger partial charge on any atom is 0.242 e. The van der Waals surface area contributed by atoms with Gasteiger partial charge in [0, 0.05) is 23.6 Å². The summed E-state index contributed by atoms with van der Waals surface area (Å²) in [4.78, 5) is 17.4. The molecule has 0 aliphatic carbocycles. The summed E-state index contributed by atoms with van der Waals surface area (Å²) >= 11 is 0. The molecule has 0 spiro atoms. The number of hydrogen-bond donors (Lipinski definition) is 1. The Morgan fingerprint density at radius 3 is 2.30 bits per heavy atom. The summed E-state index contributed by atoms with van der Waals surface area (Å²) < 4.78 is 3.83. The highest BCUT2D eigenvalue weighted by Crippen LogP contribution is 2.27. The predicted molar refractivity (Wildman–Crippen MR) is 119 cm³/mol. The minimum absolute atomic E-state index is 0.0894. The van der Waals surface area contributed by atoms with Gasteiger partial charge >= 0.3 is 0 Å². The number of pyridine rings is 1. The first-order valence-electron chi connectivity index (χ1n) is 10.2. The average Bonchev–Trinajstić information content (AvgIpc) is 3.20. The molecule has 3 heterocycles. The van der Waals surface area contributed by atoms with E-state index in [0.717, 1.165) is 45.1 Å². The number of nitrogens with zero attached hydrogens (tertiary/aromatic N) is 4. The minimum atomic E-state index is -0.0894. The molecule has 0 unspecified atom stereocenters. The summed E-state index contributed by atoms with van der Waals surface area (Å²) in [6, 6.07) is 14.4. The van der Waals surface area contributed by atoms with Crippen molar-refractivity contribution in [2.75, 3.05) is 0 Å². The number of aromatic nitrogens is 4. The maximum atomic E-state index is 12.7. The molecule has 1 N–H and O–H groups in total. The fourth-order valence-electron chi connectivity index (χ4n) is 3.86.